The first-order chi connectivity index (χ1) is 9.74. The molecule has 1 heterocycles. The Morgan fingerprint density at radius 2 is 2.25 bits per heavy atom. The van der Waals surface area contributed by atoms with E-state index in [0.29, 0.717) is 19.7 Å². The summed E-state index contributed by atoms with van der Waals surface area (Å²) >= 11 is 1.72. The quantitative estimate of drug-likeness (QED) is 0.596. The number of hydrogen-bond acceptors (Lipinski definition) is 3. The third-order valence-corrected chi connectivity index (χ3v) is 4.14. The molecular formula is C16H21NO2S. The smallest absolute Gasteiger partial charge is 0.252 e. The van der Waals surface area contributed by atoms with Gasteiger partial charge in [-0.25, -0.2) is 0 Å². The third-order valence-electron chi connectivity index (χ3n) is 3.40. The first-order valence-corrected chi connectivity index (χ1v) is 8.11. The van der Waals surface area contributed by atoms with E-state index in [1.54, 1.807) is 17.8 Å². The Labute approximate surface area is 125 Å². The Bertz CT molecular complexity index is 452. The van der Waals surface area contributed by atoms with Gasteiger partial charge >= 0.3 is 0 Å². The van der Waals surface area contributed by atoms with Gasteiger partial charge in [-0.2, -0.15) is 0 Å². The van der Waals surface area contributed by atoms with Crippen LogP contribution in [0.3, 0.4) is 0 Å². The molecule has 1 aliphatic heterocycles. The van der Waals surface area contributed by atoms with Crippen molar-refractivity contribution in [3.05, 3.63) is 42.5 Å². The average molecular weight is 291 g/mol. The van der Waals surface area contributed by atoms with Crippen LogP contribution in [0.4, 0.5) is 0 Å². The van der Waals surface area contributed by atoms with E-state index in [4.69, 9.17) is 4.74 Å². The van der Waals surface area contributed by atoms with Crippen LogP contribution >= 0.6 is 11.8 Å². The minimum atomic E-state index is -0.263. The Hall–Kier alpha value is -1.26. The molecule has 1 saturated heterocycles. The van der Waals surface area contributed by atoms with E-state index in [1.807, 2.05) is 4.90 Å². The Morgan fingerprint density at radius 1 is 1.50 bits per heavy atom. The molecule has 0 saturated carbocycles. The minimum absolute atomic E-state index is 0.0799. The maximum atomic E-state index is 12.4. The monoisotopic (exact) mass is 291 g/mol. The van der Waals surface area contributed by atoms with Crippen molar-refractivity contribution in [2.45, 2.75) is 30.4 Å². The number of ether oxygens (including phenoxy) is 1. The molecule has 1 aromatic carbocycles. The molecule has 0 bridgehead atoms. The molecule has 3 nitrogen and oxygen atoms in total. The summed E-state index contributed by atoms with van der Waals surface area (Å²) in [6.07, 6.45) is 5.36. The molecule has 108 valence electrons. The summed E-state index contributed by atoms with van der Waals surface area (Å²) in [5.41, 5.74) is 1.14. The van der Waals surface area contributed by atoms with E-state index >= 15 is 0 Å². The van der Waals surface area contributed by atoms with E-state index in [2.05, 4.69) is 37.1 Å². The highest BCUT2D eigenvalue weighted by Gasteiger charge is 2.27. The summed E-state index contributed by atoms with van der Waals surface area (Å²) in [6.45, 7) is 5.60. The molecule has 0 aromatic heterocycles. The minimum Gasteiger partial charge on any atom is -0.368 e. The molecule has 0 aliphatic carbocycles. The summed E-state index contributed by atoms with van der Waals surface area (Å²) in [5.74, 6) is 0.0799. The van der Waals surface area contributed by atoms with Crippen molar-refractivity contribution in [2.75, 3.05) is 19.4 Å². The van der Waals surface area contributed by atoms with Gasteiger partial charge in [0.2, 0.25) is 0 Å². The number of thioether (sulfide) groups is 1. The average Bonchev–Trinajstić information content (AvgIpc) is 3.01. The van der Waals surface area contributed by atoms with E-state index in [-0.39, 0.29) is 12.0 Å². The molecular weight excluding hydrogens is 270 g/mol. The summed E-state index contributed by atoms with van der Waals surface area (Å²) in [4.78, 5) is 15.5. The molecule has 1 aliphatic rings. The molecule has 20 heavy (non-hydrogen) atoms. The number of nitrogens with zero attached hydrogens (tertiary/aromatic N) is 1. The van der Waals surface area contributed by atoms with E-state index in [9.17, 15) is 4.79 Å². The zero-order valence-corrected chi connectivity index (χ0v) is 12.7. The van der Waals surface area contributed by atoms with Crippen molar-refractivity contribution in [1.29, 1.82) is 0 Å². The van der Waals surface area contributed by atoms with Gasteiger partial charge in [0.25, 0.3) is 5.91 Å². The number of rotatable bonds is 6. The third kappa shape index (κ3) is 3.87. The number of carbonyl (C=O) groups is 1. The summed E-state index contributed by atoms with van der Waals surface area (Å²) in [6, 6.07) is 8.32. The van der Waals surface area contributed by atoms with Gasteiger partial charge in [-0.05, 0) is 36.8 Å². The van der Waals surface area contributed by atoms with Gasteiger partial charge in [-0.1, -0.05) is 18.2 Å². The Balaban J connectivity index is 2.03. The Morgan fingerprint density at radius 3 is 2.80 bits per heavy atom. The van der Waals surface area contributed by atoms with Crippen molar-refractivity contribution in [1.82, 2.24) is 4.90 Å². The fourth-order valence-electron chi connectivity index (χ4n) is 2.32. The number of amides is 1. The molecule has 1 aromatic rings. The fourth-order valence-corrected chi connectivity index (χ4v) is 2.72. The number of hydrogen-bond donors (Lipinski definition) is 0. The first kappa shape index (κ1) is 15.1. The molecule has 0 radical (unpaired) electrons. The molecule has 1 atom stereocenters. The molecule has 0 N–H and O–H groups in total. The second-order valence-electron chi connectivity index (χ2n) is 4.86. The van der Waals surface area contributed by atoms with E-state index in [0.717, 1.165) is 18.4 Å². The molecule has 1 fully saturated rings. The number of carbonyl (C=O) groups excluding carboxylic acids is 1. The van der Waals surface area contributed by atoms with Crippen LogP contribution in [0, 0.1) is 0 Å². The van der Waals surface area contributed by atoms with Gasteiger partial charge in [-0.15, -0.1) is 18.3 Å². The van der Waals surface area contributed by atoms with Crippen molar-refractivity contribution in [2.24, 2.45) is 0 Å². The SMILES string of the molecule is C=CCN(Cc1ccc(SC)cc1)C(=O)[C@H]1CCCO1. The van der Waals surface area contributed by atoms with Gasteiger partial charge in [0, 0.05) is 24.6 Å². The van der Waals surface area contributed by atoms with Crippen molar-refractivity contribution >= 4 is 17.7 Å². The maximum Gasteiger partial charge on any atom is 0.252 e. The lowest BCUT2D eigenvalue weighted by Gasteiger charge is -2.24. The molecule has 0 unspecified atom stereocenters. The van der Waals surface area contributed by atoms with Crippen LogP contribution in [0.15, 0.2) is 41.8 Å². The van der Waals surface area contributed by atoms with E-state index < -0.39 is 0 Å². The van der Waals surface area contributed by atoms with Crippen LogP contribution < -0.4 is 0 Å². The zero-order valence-electron chi connectivity index (χ0n) is 11.9. The first-order valence-electron chi connectivity index (χ1n) is 6.89. The lowest BCUT2D eigenvalue weighted by Crippen LogP contribution is -2.38. The van der Waals surface area contributed by atoms with Gasteiger partial charge in [-0.3, -0.25) is 4.79 Å². The topological polar surface area (TPSA) is 29.5 Å². The van der Waals surface area contributed by atoms with Gasteiger partial charge in [0.1, 0.15) is 6.10 Å². The lowest BCUT2D eigenvalue weighted by atomic mass is 10.1. The second kappa shape index (κ2) is 7.50. The molecule has 0 spiro atoms. The van der Waals surface area contributed by atoms with E-state index in [1.165, 1.54) is 4.90 Å². The summed E-state index contributed by atoms with van der Waals surface area (Å²) < 4.78 is 5.49. The maximum absolute atomic E-state index is 12.4. The van der Waals surface area contributed by atoms with Gasteiger partial charge in [0.05, 0.1) is 0 Å². The van der Waals surface area contributed by atoms with Crippen LogP contribution in [0.1, 0.15) is 18.4 Å². The zero-order chi connectivity index (χ0) is 14.4. The van der Waals surface area contributed by atoms with Gasteiger partial charge < -0.3 is 9.64 Å². The van der Waals surface area contributed by atoms with Crippen molar-refractivity contribution in [3.63, 3.8) is 0 Å². The number of benzene rings is 1. The van der Waals surface area contributed by atoms with Crippen molar-refractivity contribution < 1.29 is 9.53 Å². The lowest BCUT2D eigenvalue weighted by molar-refractivity contribution is -0.141. The summed E-state index contributed by atoms with van der Waals surface area (Å²) in [5, 5.41) is 0. The van der Waals surface area contributed by atoms with Crippen LogP contribution in [-0.2, 0) is 16.1 Å². The summed E-state index contributed by atoms with van der Waals surface area (Å²) in [7, 11) is 0. The standard InChI is InChI=1S/C16H21NO2S/c1-3-10-17(16(18)15-5-4-11-19-15)12-13-6-8-14(20-2)9-7-13/h3,6-9,15H,1,4-5,10-12H2,2H3/t15-/m1/s1. The second-order valence-corrected chi connectivity index (χ2v) is 5.74. The van der Waals surface area contributed by atoms with Crippen LogP contribution in [0.25, 0.3) is 0 Å². The van der Waals surface area contributed by atoms with Crippen molar-refractivity contribution in [3.8, 4) is 0 Å². The normalized spacial score (nSPS) is 17.9. The highest BCUT2D eigenvalue weighted by atomic mass is 32.2. The van der Waals surface area contributed by atoms with Crippen LogP contribution in [0.5, 0.6) is 0 Å². The molecule has 1 amide bonds. The predicted molar refractivity (Wildman–Crippen MR) is 82.8 cm³/mol. The highest BCUT2D eigenvalue weighted by Crippen LogP contribution is 2.18. The molecule has 2 rings (SSSR count). The Kier molecular flexibility index (Phi) is 5.68. The van der Waals surface area contributed by atoms with Crippen LogP contribution in [0.2, 0.25) is 0 Å². The molecule has 4 heteroatoms. The van der Waals surface area contributed by atoms with Gasteiger partial charge in [0.15, 0.2) is 0 Å². The van der Waals surface area contributed by atoms with Crippen LogP contribution in [-0.4, -0.2) is 36.3 Å². The predicted octanol–water partition coefficient (Wildman–Crippen LogP) is 3.10. The largest absolute Gasteiger partial charge is 0.368 e. The fraction of sp³-hybridized carbons (Fsp3) is 0.438. The highest BCUT2D eigenvalue weighted by molar-refractivity contribution is 7.98.